The molecular formula is C9H10F4O3. The zero-order valence-electron chi connectivity index (χ0n) is 8.60. The lowest BCUT2D eigenvalue weighted by molar-refractivity contribution is -0.532. The van der Waals surface area contributed by atoms with Gasteiger partial charge in [0.05, 0.1) is 0 Å². The smallest absolute Gasteiger partial charge is 0.350 e. The van der Waals surface area contributed by atoms with Gasteiger partial charge >= 0.3 is 12.2 Å². The third kappa shape index (κ3) is 2.25. The molecule has 0 aliphatic carbocycles. The monoisotopic (exact) mass is 242 g/mol. The first kappa shape index (κ1) is 13.1. The molecule has 1 heterocycles. The van der Waals surface area contributed by atoms with Crippen LogP contribution >= 0.6 is 0 Å². The molecule has 0 radical (unpaired) electrons. The number of Topliss-reactive ketones (excluding diaryl/α,β-unsaturated/α-hetero) is 1. The first-order valence-electron chi connectivity index (χ1n) is 4.39. The van der Waals surface area contributed by atoms with Gasteiger partial charge in [0.1, 0.15) is 6.10 Å². The lowest BCUT2D eigenvalue weighted by Gasteiger charge is -2.42. The summed E-state index contributed by atoms with van der Waals surface area (Å²) >= 11 is 0. The molecule has 1 rings (SSSR count). The molecule has 0 aromatic heterocycles. The van der Waals surface area contributed by atoms with Gasteiger partial charge in [-0.25, -0.2) is 0 Å². The van der Waals surface area contributed by atoms with Gasteiger partial charge in [0.15, 0.2) is 5.78 Å². The average molecular weight is 242 g/mol. The molecule has 1 aliphatic heterocycles. The van der Waals surface area contributed by atoms with Gasteiger partial charge in [-0.1, -0.05) is 6.58 Å². The summed E-state index contributed by atoms with van der Waals surface area (Å²) in [5.41, 5.74) is 0.0411. The molecule has 7 heteroatoms. The van der Waals surface area contributed by atoms with E-state index >= 15 is 0 Å². The van der Waals surface area contributed by atoms with Crippen molar-refractivity contribution in [1.82, 2.24) is 0 Å². The van der Waals surface area contributed by atoms with E-state index in [-0.39, 0.29) is 5.57 Å². The van der Waals surface area contributed by atoms with Crippen LogP contribution in [-0.2, 0) is 14.3 Å². The summed E-state index contributed by atoms with van der Waals surface area (Å²) in [4.78, 5) is 11.2. The van der Waals surface area contributed by atoms with Gasteiger partial charge in [0.25, 0.3) is 0 Å². The molecule has 1 saturated heterocycles. The summed E-state index contributed by atoms with van der Waals surface area (Å²) in [5, 5.41) is 0. The molecule has 0 saturated carbocycles. The van der Waals surface area contributed by atoms with E-state index in [0.717, 1.165) is 6.92 Å². The fraction of sp³-hybridized carbons (Fsp3) is 0.667. The van der Waals surface area contributed by atoms with Crippen molar-refractivity contribution in [1.29, 1.82) is 0 Å². The number of alkyl halides is 4. The first-order chi connectivity index (χ1) is 7.08. The summed E-state index contributed by atoms with van der Waals surface area (Å²) in [6, 6.07) is 0. The molecule has 0 aromatic carbocycles. The van der Waals surface area contributed by atoms with Crippen LogP contribution in [0.5, 0.6) is 0 Å². The normalized spacial score (nSPS) is 24.6. The fourth-order valence-corrected chi connectivity index (χ4v) is 1.20. The van der Waals surface area contributed by atoms with Crippen molar-refractivity contribution in [2.75, 3.05) is 0 Å². The Kier molecular flexibility index (Phi) is 3.13. The third-order valence-corrected chi connectivity index (χ3v) is 2.01. The highest BCUT2D eigenvalue weighted by Gasteiger charge is 2.73. The van der Waals surface area contributed by atoms with Crippen LogP contribution in [-0.4, -0.2) is 30.2 Å². The first-order valence-corrected chi connectivity index (χ1v) is 4.39. The number of carbonyl (C=O) groups is 1. The van der Waals surface area contributed by atoms with E-state index in [0.29, 0.717) is 0 Å². The molecule has 0 aromatic rings. The Morgan fingerprint density at radius 1 is 1.38 bits per heavy atom. The number of halogens is 4. The number of carbonyl (C=O) groups excluding carboxylic acids is 1. The molecule has 0 amide bonds. The molecule has 0 spiro atoms. The van der Waals surface area contributed by atoms with Crippen molar-refractivity contribution in [2.45, 2.75) is 38.3 Å². The predicted octanol–water partition coefficient (Wildman–Crippen LogP) is 2.12. The summed E-state index contributed by atoms with van der Waals surface area (Å²) in [5.74, 6) is -0.710. The zero-order valence-corrected chi connectivity index (χ0v) is 8.60. The number of hydrogen-bond donors (Lipinski definition) is 0. The van der Waals surface area contributed by atoms with Crippen LogP contribution in [0, 0.1) is 0 Å². The standard InChI is InChI=1S/C9H10F4O3/c1-4(2)6(14)5(3)15-7-8(10,11)16-9(7,12)13/h5,7H,1H2,2-3H3. The molecular weight excluding hydrogens is 232 g/mol. The number of ether oxygens (including phenoxy) is 2. The van der Waals surface area contributed by atoms with Crippen LogP contribution in [0.25, 0.3) is 0 Å². The Morgan fingerprint density at radius 3 is 2.12 bits per heavy atom. The Morgan fingerprint density at radius 2 is 1.81 bits per heavy atom. The average Bonchev–Trinajstić information content (AvgIpc) is 2.10. The van der Waals surface area contributed by atoms with Crippen LogP contribution < -0.4 is 0 Å². The van der Waals surface area contributed by atoms with Crippen molar-refractivity contribution in [3.63, 3.8) is 0 Å². The lowest BCUT2D eigenvalue weighted by atomic mass is 10.1. The Hall–Kier alpha value is -0.950. The topological polar surface area (TPSA) is 35.5 Å². The highest BCUT2D eigenvalue weighted by molar-refractivity contribution is 5.97. The van der Waals surface area contributed by atoms with Crippen molar-refractivity contribution in [3.05, 3.63) is 12.2 Å². The molecule has 0 bridgehead atoms. The molecule has 1 atom stereocenters. The molecule has 16 heavy (non-hydrogen) atoms. The molecule has 92 valence electrons. The molecule has 1 aliphatic rings. The van der Waals surface area contributed by atoms with Crippen LogP contribution in [0.15, 0.2) is 12.2 Å². The Bertz CT molecular complexity index is 313. The van der Waals surface area contributed by atoms with Gasteiger partial charge in [0, 0.05) is 0 Å². The SMILES string of the molecule is C=C(C)C(=O)C(C)OC1C(F)(F)OC1(F)F. The van der Waals surface area contributed by atoms with E-state index < -0.39 is 30.2 Å². The minimum Gasteiger partial charge on any atom is -0.350 e. The van der Waals surface area contributed by atoms with E-state index in [9.17, 15) is 22.4 Å². The van der Waals surface area contributed by atoms with Crippen molar-refractivity contribution < 1.29 is 31.8 Å². The Balaban J connectivity index is 2.67. The lowest BCUT2D eigenvalue weighted by Crippen LogP contribution is -2.66. The van der Waals surface area contributed by atoms with Crippen LogP contribution in [0.2, 0.25) is 0 Å². The predicted molar refractivity (Wildman–Crippen MR) is 45.1 cm³/mol. The van der Waals surface area contributed by atoms with E-state index in [1.165, 1.54) is 6.92 Å². The summed E-state index contributed by atoms with van der Waals surface area (Å²) in [6.45, 7) is 5.69. The second-order valence-electron chi connectivity index (χ2n) is 3.53. The maximum atomic E-state index is 12.6. The number of rotatable bonds is 4. The van der Waals surface area contributed by atoms with Gasteiger partial charge in [0.2, 0.25) is 6.10 Å². The quantitative estimate of drug-likeness (QED) is 0.559. The maximum absolute atomic E-state index is 12.6. The minimum atomic E-state index is -4.08. The number of hydrogen-bond acceptors (Lipinski definition) is 3. The third-order valence-electron chi connectivity index (χ3n) is 2.01. The molecule has 1 unspecified atom stereocenters. The van der Waals surface area contributed by atoms with Gasteiger partial charge < -0.3 is 4.74 Å². The summed E-state index contributed by atoms with van der Waals surface area (Å²) in [7, 11) is 0. The molecule has 1 fully saturated rings. The minimum absolute atomic E-state index is 0.0411. The van der Waals surface area contributed by atoms with Gasteiger partial charge in [-0.3, -0.25) is 9.53 Å². The molecule has 0 N–H and O–H groups in total. The van der Waals surface area contributed by atoms with Gasteiger partial charge in [-0.15, -0.1) is 0 Å². The van der Waals surface area contributed by atoms with Gasteiger partial charge in [-0.05, 0) is 19.4 Å². The molecule has 3 nitrogen and oxygen atoms in total. The highest BCUT2D eigenvalue weighted by atomic mass is 19.3. The Labute approximate surface area is 89.0 Å². The second-order valence-corrected chi connectivity index (χ2v) is 3.53. The van der Waals surface area contributed by atoms with E-state index in [4.69, 9.17) is 0 Å². The van der Waals surface area contributed by atoms with Crippen molar-refractivity contribution in [3.8, 4) is 0 Å². The summed E-state index contributed by atoms with van der Waals surface area (Å²) in [6.07, 6.45) is -12.3. The highest BCUT2D eigenvalue weighted by Crippen LogP contribution is 2.48. The van der Waals surface area contributed by atoms with E-state index in [1.807, 2.05) is 0 Å². The van der Waals surface area contributed by atoms with E-state index in [2.05, 4.69) is 16.1 Å². The van der Waals surface area contributed by atoms with Gasteiger partial charge in [-0.2, -0.15) is 17.6 Å². The fourth-order valence-electron chi connectivity index (χ4n) is 1.20. The maximum Gasteiger partial charge on any atom is 0.395 e. The second kappa shape index (κ2) is 3.81. The van der Waals surface area contributed by atoms with Crippen LogP contribution in [0.1, 0.15) is 13.8 Å². The largest absolute Gasteiger partial charge is 0.395 e. The van der Waals surface area contributed by atoms with Crippen LogP contribution in [0.3, 0.4) is 0 Å². The van der Waals surface area contributed by atoms with Crippen molar-refractivity contribution >= 4 is 5.78 Å². The van der Waals surface area contributed by atoms with Crippen LogP contribution in [0.4, 0.5) is 17.6 Å². The number of ketones is 1. The van der Waals surface area contributed by atoms with E-state index in [1.54, 1.807) is 0 Å². The summed E-state index contributed by atoms with van der Waals surface area (Å²) < 4.78 is 57.6. The zero-order chi connectivity index (χ0) is 12.7. The van der Waals surface area contributed by atoms with Crippen molar-refractivity contribution in [2.24, 2.45) is 0 Å².